The predicted octanol–water partition coefficient (Wildman–Crippen LogP) is 7.59. The van der Waals surface area contributed by atoms with E-state index in [-0.39, 0.29) is 31.8 Å². The first-order valence-electron chi connectivity index (χ1n) is 15.1. The van der Waals surface area contributed by atoms with Crippen LogP contribution in [-0.4, -0.2) is 64.6 Å². The molecule has 4 aromatic carbocycles. The smallest absolute Gasteiger partial charge is 0.338 e. The van der Waals surface area contributed by atoms with E-state index < -0.39 is 57.8 Å². The molecule has 0 amide bonds. The first-order valence-corrected chi connectivity index (χ1v) is 17.7. The van der Waals surface area contributed by atoms with Crippen molar-refractivity contribution in [3.63, 3.8) is 0 Å². The van der Waals surface area contributed by atoms with Gasteiger partial charge in [0.25, 0.3) is 10.1 Å². The van der Waals surface area contributed by atoms with E-state index in [1.165, 1.54) is 43.5 Å². The first-order chi connectivity index (χ1) is 24.2. The topological polar surface area (TPSA) is 144 Å². The SMILES string of the molecule is CO/N=C/[C@H](OC(=O)c1ccc(C)cc1)[C@@H](OC(=O)c1ccc(C)cc1)[C@H](COC(=O)c1ccc(C)cc1)OS(=O)(=O)c1cc(Cl)c(Cl)cc1Cl. The number of ether oxygens (including phenoxy) is 3. The molecular formula is C36H32Cl3NO10S. The summed E-state index contributed by atoms with van der Waals surface area (Å²) in [6.07, 6.45) is -4.47. The van der Waals surface area contributed by atoms with Gasteiger partial charge in [0, 0.05) is 0 Å². The fourth-order valence-corrected chi connectivity index (χ4v) is 6.49. The highest BCUT2D eigenvalue weighted by Gasteiger charge is 2.41. The molecule has 0 aliphatic carbocycles. The number of oxime groups is 1. The van der Waals surface area contributed by atoms with Crippen LogP contribution >= 0.6 is 34.8 Å². The lowest BCUT2D eigenvalue weighted by molar-refractivity contribution is -0.0685. The molecule has 11 nitrogen and oxygen atoms in total. The minimum atomic E-state index is -4.91. The van der Waals surface area contributed by atoms with Gasteiger partial charge in [-0.2, -0.15) is 8.42 Å². The van der Waals surface area contributed by atoms with Crippen molar-refractivity contribution >= 4 is 69.0 Å². The molecule has 0 spiro atoms. The Bertz CT molecular complexity index is 2000. The largest absolute Gasteiger partial charge is 0.459 e. The van der Waals surface area contributed by atoms with Gasteiger partial charge in [0.2, 0.25) is 0 Å². The van der Waals surface area contributed by atoms with Crippen molar-refractivity contribution < 1.29 is 46.0 Å². The van der Waals surface area contributed by atoms with Crippen molar-refractivity contribution in [3.05, 3.63) is 133 Å². The highest BCUT2D eigenvalue weighted by molar-refractivity contribution is 7.87. The second-order valence-electron chi connectivity index (χ2n) is 11.2. The van der Waals surface area contributed by atoms with Gasteiger partial charge in [-0.05, 0) is 69.3 Å². The van der Waals surface area contributed by atoms with E-state index in [2.05, 4.69) is 5.16 Å². The Balaban J connectivity index is 1.82. The van der Waals surface area contributed by atoms with E-state index in [9.17, 15) is 22.8 Å². The third-order valence-corrected chi connectivity index (χ3v) is 9.75. The summed E-state index contributed by atoms with van der Waals surface area (Å²) in [5.41, 5.74) is 2.88. The monoisotopic (exact) mass is 775 g/mol. The highest BCUT2D eigenvalue weighted by atomic mass is 35.5. The zero-order valence-corrected chi connectivity index (χ0v) is 30.8. The summed E-state index contributed by atoms with van der Waals surface area (Å²) in [6.45, 7) is 4.61. The number of nitrogens with zero attached hydrogens (tertiary/aromatic N) is 1. The van der Waals surface area contributed by atoms with Crippen LogP contribution in [0.1, 0.15) is 47.8 Å². The minimum Gasteiger partial charge on any atom is -0.459 e. The standard InChI is InChI=1S/C36H32Cl3NO10S/c1-21-5-11-24(12-6-21)34(41)47-20-31(50-51(44,45)32-18-28(38)27(37)17-29(32)39)33(49-36(43)26-15-9-23(3)10-16-26)30(19-40-46-4)48-35(42)25-13-7-22(2)8-14-25/h5-19,30-31,33H,20H2,1-4H3/b40-19+/t30-,31-,33+/m0/s1. The van der Waals surface area contributed by atoms with Crippen molar-refractivity contribution in [2.75, 3.05) is 13.7 Å². The quantitative estimate of drug-likeness (QED) is 0.0314. The predicted molar refractivity (Wildman–Crippen MR) is 191 cm³/mol. The lowest BCUT2D eigenvalue weighted by Gasteiger charge is -2.30. The summed E-state index contributed by atoms with van der Waals surface area (Å²) in [5, 5.41) is 3.16. The molecule has 3 atom stereocenters. The van der Waals surface area contributed by atoms with Crippen LogP contribution in [-0.2, 0) is 33.3 Å². The van der Waals surface area contributed by atoms with Gasteiger partial charge in [-0.1, -0.05) is 93.0 Å². The molecule has 15 heteroatoms. The van der Waals surface area contributed by atoms with Crippen LogP contribution in [0.2, 0.25) is 15.1 Å². The molecule has 0 bridgehead atoms. The van der Waals surface area contributed by atoms with Crippen LogP contribution in [0.25, 0.3) is 0 Å². The van der Waals surface area contributed by atoms with Gasteiger partial charge in [-0.15, -0.1) is 0 Å². The summed E-state index contributed by atoms with van der Waals surface area (Å²) >= 11 is 18.4. The Hall–Kier alpha value is -4.46. The van der Waals surface area contributed by atoms with Crippen LogP contribution in [0, 0.1) is 20.8 Å². The average molecular weight is 777 g/mol. The normalized spacial score (nSPS) is 13.2. The third-order valence-electron chi connectivity index (χ3n) is 7.22. The van der Waals surface area contributed by atoms with Gasteiger partial charge in [0.15, 0.2) is 18.3 Å². The highest BCUT2D eigenvalue weighted by Crippen LogP contribution is 2.33. The van der Waals surface area contributed by atoms with E-state index in [1.807, 2.05) is 20.8 Å². The number of aryl methyl sites for hydroxylation is 3. The molecule has 0 saturated carbocycles. The number of hydrogen-bond donors (Lipinski definition) is 0. The fraction of sp³-hybridized carbons (Fsp3) is 0.222. The van der Waals surface area contributed by atoms with E-state index in [1.54, 1.807) is 36.4 Å². The molecule has 0 radical (unpaired) electrons. The average Bonchev–Trinajstić information content (AvgIpc) is 3.09. The zero-order valence-electron chi connectivity index (χ0n) is 27.7. The number of esters is 3. The maximum atomic E-state index is 13.8. The second-order valence-corrected chi connectivity index (χ2v) is 13.9. The molecular weight excluding hydrogens is 745 g/mol. The lowest BCUT2D eigenvalue weighted by atomic mass is 10.1. The van der Waals surface area contributed by atoms with Crippen molar-refractivity contribution in [3.8, 4) is 0 Å². The van der Waals surface area contributed by atoms with Gasteiger partial charge in [0.1, 0.15) is 18.6 Å². The molecule has 4 aromatic rings. The first kappa shape index (κ1) is 39.3. The van der Waals surface area contributed by atoms with Crippen LogP contribution < -0.4 is 0 Å². The molecule has 4 rings (SSSR count). The molecule has 0 aliphatic heterocycles. The molecule has 0 heterocycles. The van der Waals surface area contributed by atoms with Gasteiger partial charge in [-0.25, -0.2) is 14.4 Å². The number of carbonyl (C=O) groups excluding carboxylic acids is 3. The fourth-order valence-electron chi connectivity index (χ4n) is 4.44. The van der Waals surface area contributed by atoms with Crippen LogP contribution in [0.15, 0.2) is 95.0 Å². The summed E-state index contributed by atoms with van der Waals surface area (Å²) in [5.74, 6) is -2.73. The summed E-state index contributed by atoms with van der Waals surface area (Å²) < 4.78 is 50.4. The van der Waals surface area contributed by atoms with E-state index in [0.717, 1.165) is 35.0 Å². The Morgan fingerprint density at radius 2 is 1.14 bits per heavy atom. The Morgan fingerprint density at radius 1 is 0.686 bits per heavy atom. The molecule has 0 saturated heterocycles. The second kappa shape index (κ2) is 17.7. The molecule has 0 aliphatic rings. The number of rotatable bonds is 14. The summed E-state index contributed by atoms with van der Waals surface area (Å²) in [6, 6.07) is 21.0. The number of halogens is 3. The Labute approximate surface area is 310 Å². The van der Waals surface area contributed by atoms with Crippen LogP contribution in [0.5, 0.6) is 0 Å². The van der Waals surface area contributed by atoms with Gasteiger partial charge in [0.05, 0.1) is 38.0 Å². The molecule has 0 aromatic heterocycles. The van der Waals surface area contributed by atoms with Crippen molar-refractivity contribution in [2.45, 2.75) is 44.0 Å². The van der Waals surface area contributed by atoms with Gasteiger partial charge in [-0.3, -0.25) is 4.18 Å². The Kier molecular flexibility index (Phi) is 13.6. The summed E-state index contributed by atoms with van der Waals surface area (Å²) in [4.78, 5) is 44.4. The van der Waals surface area contributed by atoms with E-state index >= 15 is 0 Å². The molecule has 0 fully saturated rings. The van der Waals surface area contributed by atoms with E-state index in [4.69, 9.17) is 58.0 Å². The molecule has 0 N–H and O–H groups in total. The third kappa shape index (κ3) is 10.8. The lowest BCUT2D eigenvalue weighted by Crippen LogP contribution is -2.48. The molecule has 268 valence electrons. The van der Waals surface area contributed by atoms with Crippen LogP contribution in [0.3, 0.4) is 0 Å². The maximum Gasteiger partial charge on any atom is 0.338 e. The number of carbonyl (C=O) groups is 3. The van der Waals surface area contributed by atoms with Crippen molar-refractivity contribution in [1.29, 1.82) is 0 Å². The molecule has 0 unspecified atom stereocenters. The van der Waals surface area contributed by atoms with Crippen molar-refractivity contribution in [2.24, 2.45) is 5.16 Å². The van der Waals surface area contributed by atoms with Gasteiger partial charge < -0.3 is 19.0 Å². The zero-order chi connectivity index (χ0) is 37.3. The molecule has 51 heavy (non-hydrogen) atoms. The minimum absolute atomic E-state index is 0.0343. The van der Waals surface area contributed by atoms with Crippen LogP contribution in [0.4, 0.5) is 0 Å². The number of benzene rings is 4. The van der Waals surface area contributed by atoms with Gasteiger partial charge >= 0.3 is 17.9 Å². The summed E-state index contributed by atoms with van der Waals surface area (Å²) in [7, 11) is -3.71. The maximum absolute atomic E-state index is 13.8. The number of hydrogen-bond acceptors (Lipinski definition) is 11. The van der Waals surface area contributed by atoms with E-state index in [0.29, 0.717) is 0 Å². The Morgan fingerprint density at radius 3 is 1.63 bits per heavy atom. The van der Waals surface area contributed by atoms with Crippen molar-refractivity contribution in [1.82, 2.24) is 0 Å².